The van der Waals surface area contributed by atoms with Crippen LogP contribution in [0.15, 0.2) is 42.5 Å². The van der Waals surface area contributed by atoms with Crippen molar-refractivity contribution in [1.82, 2.24) is 0 Å². The maximum absolute atomic E-state index is 13.0. The molecule has 1 saturated carbocycles. The highest BCUT2D eigenvalue weighted by atomic mass is 19.1. The molecule has 0 amide bonds. The van der Waals surface area contributed by atoms with Gasteiger partial charge in [0.15, 0.2) is 0 Å². The zero-order valence-corrected chi connectivity index (χ0v) is 18.8. The minimum atomic E-state index is -1.12. The van der Waals surface area contributed by atoms with Gasteiger partial charge in [0.05, 0.1) is 25.2 Å². The summed E-state index contributed by atoms with van der Waals surface area (Å²) in [4.78, 5) is 10.7. The number of aliphatic hydroxyl groups is 2. The van der Waals surface area contributed by atoms with E-state index in [9.17, 15) is 19.4 Å². The van der Waals surface area contributed by atoms with Crippen molar-refractivity contribution in [1.29, 1.82) is 0 Å². The Morgan fingerprint density at radius 1 is 1.03 bits per heavy atom. The topological polar surface area (TPSA) is 96.2 Å². The largest absolute Gasteiger partial charge is 0.494 e. The number of aryl methyl sites for hydroxylation is 1. The van der Waals surface area contributed by atoms with E-state index in [1.807, 2.05) is 12.1 Å². The van der Waals surface area contributed by atoms with Crippen LogP contribution in [-0.2, 0) is 11.2 Å². The lowest BCUT2D eigenvalue weighted by Gasteiger charge is -2.22. The highest BCUT2D eigenvalue weighted by Gasteiger charge is 2.23. The molecule has 6 nitrogen and oxygen atoms in total. The highest BCUT2D eigenvalue weighted by Crippen LogP contribution is 2.40. The van der Waals surface area contributed by atoms with Crippen LogP contribution < -0.4 is 9.47 Å². The number of aliphatic carboxylic acids is 1. The van der Waals surface area contributed by atoms with Gasteiger partial charge in [-0.3, -0.25) is 4.79 Å². The van der Waals surface area contributed by atoms with Gasteiger partial charge in [-0.05, 0) is 67.0 Å². The summed E-state index contributed by atoms with van der Waals surface area (Å²) in [5, 5.41) is 28.9. The maximum atomic E-state index is 13.0. The third kappa shape index (κ3) is 8.02. The standard InChI is InChI=1S/C26H33FO6/c27-20-10-12-23(13-11-20)32-14-4-8-19-7-3-9-24(18-5-1-2-6-18)26(19)33-17-22(29)15-21(28)16-25(30)31/h3,7,9-13,18,21-22,28-29H,1-2,4-6,8,14-17H2,(H,30,31)/t21-,22?/m1/s1. The van der Waals surface area contributed by atoms with Crippen LogP contribution >= 0.6 is 0 Å². The second-order valence-corrected chi connectivity index (χ2v) is 8.68. The molecule has 0 heterocycles. The molecule has 0 saturated heterocycles. The number of rotatable bonds is 13. The quantitative estimate of drug-likeness (QED) is 0.382. The Morgan fingerprint density at radius 3 is 2.45 bits per heavy atom. The Hall–Kier alpha value is -2.64. The second-order valence-electron chi connectivity index (χ2n) is 8.68. The minimum absolute atomic E-state index is 0.0144. The molecule has 33 heavy (non-hydrogen) atoms. The summed E-state index contributed by atoms with van der Waals surface area (Å²) >= 11 is 0. The van der Waals surface area contributed by atoms with E-state index >= 15 is 0 Å². The fourth-order valence-corrected chi connectivity index (χ4v) is 4.37. The van der Waals surface area contributed by atoms with Gasteiger partial charge in [0.2, 0.25) is 0 Å². The molecule has 0 aliphatic heterocycles. The van der Waals surface area contributed by atoms with Crippen molar-refractivity contribution in [2.24, 2.45) is 0 Å². The Labute approximate surface area is 194 Å². The van der Waals surface area contributed by atoms with Crippen LogP contribution in [0.5, 0.6) is 11.5 Å². The third-order valence-electron chi connectivity index (χ3n) is 5.97. The van der Waals surface area contributed by atoms with Crippen molar-refractivity contribution in [2.45, 2.75) is 69.5 Å². The molecule has 2 aromatic rings. The number of ether oxygens (including phenoxy) is 2. The molecule has 3 N–H and O–H groups in total. The van der Waals surface area contributed by atoms with E-state index in [0.29, 0.717) is 18.3 Å². The van der Waals surface area contributed by atoms with E-state index in [1.54, 1.807) is 12.1 Å². The zero-order valence-electron chi connectivity index (χ0n) is 18.8. The Bertz CT molecular complexity index is 879. The maximum Gasteiger partial charge on any atom is 0.305 e. The molecule has 2 aromatic carbocycles. The molecule has 0 bridgehead atoms. The summed E-state index contributed by atoms with van der Waals surface area (Å²) in [7, 11) is 0. The van der Waals surface area contributed by atoms with Crippen LogP contribution in [-0.4, -0.2) is 46.7 Å². The lowest BCUT2D eigenvalue weighted by Crippen LogP contribution is -2.26. The van der Waals surface area contributed by atoms with Crippen molar-refractivity contribution in [2.75, 3.05) is 13.2 Å². The summed E-state index contributed by atoms with van der Waals surface area (Å²) in [6.45, 7) is 0.461. The lowest BCUT2D eigenvalue weighted by molar-refractivity contribution is -0.139. The Kier molecular flexibility index (Phi) is 9.51. The van der Waals surface area contributed by atoms with Gasteiger partial charge in [0.25, 0.3) is 0 Å². The second kappa shape index (κ2) is 12.6. The van der Waals surface area contributed by atoms with Crippen LogP contribution in [0.2, 0.25) is 0 Å². The van der Waals surface area contributed by atoms with Gasteiger partial charge in [-0.2, -0.15) is 0 Å². The number of para-hydroxylation sites is 1. The lowest BCUT2D eigenvalue weighted by atomic mass is 9.93. The number of benzene rings is 2. The van der Waals surface area contributed by atoms with Crippen molar-refractivity contribution >= 4 is 5.97 Å². The number of carboxylic acid groups (broad SMARTS) is 1. The Morgan fingerprint density at radius 2 is 1.76 bits per heavy atom. The predicted molar refractivity (Wildman–Crippen MR) is 122 cm³/mol. The van der Waals surface area contributed by atoms with Gasteiger partial charge in [0.1, 0.15) is 23.9 Å². The molecule has 1 aliphatic carbocycles. The van der Waals surface area contributed by atoms with Crippen molar-refractivity contribution < 1.29 is 34.0 Å². The minimum Gasteiger partial charge on any atom is -0.494 e. The van der Waals surface area contributed by atoms with Crippen molar-refractivity contribution in [3.63, 3.8) is 0 Å². The fraction of sp³-hybridized carbons (Fsp3) is 0.500. The highest BCUT2D eigenvalue weighted by molar-refractivity contribution is 5.67. The number of halogens is 1. The molecule has 1 aliphatic rings. The monoisotopic (exact) mass is 460 g/mol. The summed E-state index contributed by atoms with van der Waals surface area (Å²) in [6.07, 6.45) is 3.48. The first-order chi connectivity index (χ1) is 15.9. The van der Waals surface area contributed by atoms with Crippen LogP contribution in [0, 0.1) is 5.82 Å². The van der Waals surface area contributed by atoms with Crippen LogP contribution in [0.3, 0.4) is 0 Å². The molecule has 1 unspecified atom stereocenters. The van der Waals surface area contributed by atoms with Crippen LogP contribution in [0.1, 0.15) is 62.0 Å². The molecule has 180 valence electrons. The van der Waals surface area contributed by atoms with Gasteiger partial charge in [0, 0.05) is 6.42 Å². The van der Waals surface area contributed by atoms with Crippen molar-refractivity contribution in [3.05, 3.63) is 59.4 Å². The molecule has 0 spiro atoms. The molecule has 2 atom stereocenters. The van der Waals surface area contributed by atoms with E-state index in [-0.39, 0.29) is 18.8 Å². The summed E-state index contributed by atoms with van der Waals surface area (Å²) < 4.78 is 24.8. The summed E-state index contributed by atoms with van der Waals surface area (Å²) in [5.41, 5.74) is 2.17. The van der Waals surface area contributed by atoms with Gasteiger partial charge in [-0.15, -0.1) is 0 Å². The first kappa shape index (κ1) is 25.0. The molecule has 3 rings (SSSR count). The number of aliphatic hydroxyl groups excluding tert-OH is 2. The fourth-order valence-electron chi connectivity index (χ4n) is 4.37. The zero-order chi connectivity index (χ0) is 23.6. The summed E-state index contributed by atoms with van der Waals surface area (Å²) in [6, 6.07) is 12.1. The van der Waals surface area contributed by atoms with Gasteiger partial charge < -0.3 is 24.8 Å². The van der Waals surface area contributed by atoms with Crippen LogP contribution in [0.25, 0.3) is 0 Å². The molecular weight excluding hydrogens is 427 g/mol. The van der Waals surface area contributed by atoms with Crippen molar-refractivity contribution in [3.8, 4) is 11.5 Å². The number of carboxylic acids is 1. The van der Waals surface area contributed by atoms with Crippen LogP contribution in [0.4, 0.5) is 4.39 Å². The first-order valence-electron chi connectivity index (χ1n) is 11.6. The molecule has 0 radical (unpaired) electrons. The Balaban J connectivity index is 1.62. The smallest absolute Gasteiger partial charge is 0.305 e. The average molecular weight is 461 g/mol. The normalized spacial score (nSPS) is 15.8. The SMILES string of the molecule is O=C(O)C[C@H](O)CC(O)COc1c(CCCOc2ccc(F)cc2)cccc1C1CCCC1. The summed E-state index contributed by atoms with van der Waals surface area (Å²) in [5.74, 6) is 0.414. The molecule has 1 fully saturated rings. The van der Waals surface area contributed by atoms with E-state index in [1.165, 1.54) is 25.0 Å². The van der Waals surface area contributed by atoms with Gasteiger partial charge >= 0.3 is 5.97 Å². The first-order valence-corrected chi connectivity index (χ1v) is 11.6. The van der Waals surface area contributed by atoms with Gasteiger partial charge in [-0.25, -0.2) is 4.39 Å². The third-order valence-corrected chi connectivity index (χ3v) is 5.97. The number of carbonyl (C=O) groups is 1. The van der Waals surface area contributed by atoms with E-state index in [2.05, 4.69) is 6.07 Å². The molecule has 0 aromatic heterocycles. The molecule has 7 heteroatoms. The predicted octanol–water partition coefficient (Wildman–Crippen LogP) is 4.46. The molecular formula is C26H33FO6. The number of hydrogen-bond donors (Lipinski definition) is 3. The van der Waals surface area contributed by atoms with E-state index in [0.717, 1.165) is 42.6 Å². The average Bonchev–Trinajstić information content (AvgIpc) is 3.31. The number of hydrogen-bond acceptors (Lipinski definition) is 5. The van der Waals surface area contributed by atoms with Gasteiger partial charge in [-0.1, -0.05) is 31.0 Å². The van der Waals surface area contributed by atoms with E-state index in [4.69, 9.17) is 14.6 Å². The van der Waals surface area contributed by atoms with E-state index < -0.39 is 24.6 Å².